The number of aryl methyl sites for hydroxylation is 2. The van der Waals surface area contributed by atoms with Crippen LogP contribution in [-0.4, -0.2) is 20.9 Å². The molecule has 8 nitrogen and oxygen atoms in total. The Morgan fingerprint density at radius 2 is 2.11 bits per heavy atom. The van der Waals surface area contributed by atoms with Gasteiger partial charge in [-0.3, -0.25) is 10.1 Å². The van der Waals surface area contributed by atoms with Crippen LogP contribution in [0.1, 0.15) is 39.5 Å². The maximum atomic E-state index is 12.3. The maximum Gasteiger partial charge on any atom is 0.340 e. The summed E-state index contributed by atoms with van der Waals surface area (Å²) in [5.41, 5.74) is 7.04. The molecule has 10 heteroatoms. The summed E-state index contributed by atoms with van der Waals surface area (Å²) in [5, 5.41) is 11.9. The van der Waals surface area contributed by atoms with Gasteiger partial charge in [-0.25, -0.2) is 14.8 Å². The number of nitrogens with zero attached hydrogens (tertiary/aromatic N) is 3. The minimum absolute atomic E-state index is 0.0671. The summed E-state index contributed by atoms with van der Waals surface area (Å²) >= 11 is 7.56. The van der Waals surface area contributed by atoms with Crippen molar-refractivity contribution in [2.24, 2.45) is 0 Å². The SMILES string of the molecule is Nc1nc(COC(=O)c2cc([N+](=O)[O-])ccc2Cl)nc2sc3c(c12)CCCC3. The Morgan fingerprint density at radius 3 is 2.89 bits per heavy atom. The Balaban J connectivity index is 1.57. The van der Waals surface area contributed by atoms with Gasteiger partial charge in [-0.15, -0.1) is 11.3 Å². The number of hydrogen-bond acceptors (Lipinski definition) is 8. The first kappa shape index (κ1) is 18.6. The third-order valence-corrected chi connectivity index (χ3v) is 6.12. The number of anilines is 1. The van der Waals surface area contributed by atoms with Crippen LogP contribution < -0.4 is 5.73 Å². The van der Waals surface area contributed by atoms with Gasteiger partial charge in [0.2, 0.25) is 0 Å². The van der Waals surface area contributed by atoms with Crippen molar-refractivity contribution >= 4 is 50.6 Å². The highest BCUT2D eigenvalue weighted by molar-refractivity contribution is 7.19. The Kier molecular flexibility index (Phi) is 4.86. The number of hydrogen-bond donors (Lipinski definition) is 1. The van der Waals surface area contributed by atoms with Gasteiger partial charge in [0.15, 0.2) is 12.4 Å². The minimum atomic E-state index is -0.790. The van der Waals surface area contributed by atoms with Crippen molar-refractivity contribution in [2.75, 3.05) is 5.73 Å². The lowest BCUT2D eigenvalue weighted by atomic mass is 9.97. The molecule has 28 heavy (non-hydrogen) atoms. The third-order valence-electron chi connectivity index (χ3n) is 4.60. The molecule has 4 rings (SSSR count). The van der Waals surface area contributed by atoms with E-state index in [1.807, 2.05) is 0 Å². The van der Waals surface area contributed by atoms with Crippen molar-refractivity contribution in [3.63, 3.8) is 0 Å². The molecule has 3 aromatic rings. The van der Waals surface area contributed by atoms with Crippen molar-refractivity contribution < 1.29 is 14.5 Å². The molecule has 0 saturated carbocycles. The summed E-state index contributed by atoms with van der Waals surface area (Å²) in [7, 11) is 0. The van der Waals surface area contributed by atoms with Gasteiger partial charge in [-0.1, -0.05) is 11.6 Å². The van der Waals surface area contributed by atoms with Gasteiger partial charge in [0.25, 0.3) is 5.69 Å². The molecule has 0 atom stereocenters. The van der Waals surface area contributed by atoms with Crippen molar-refractivity contribution in [3.8, 4) is 0 Å². The van der Waals surface area contributed by atoms with E-state index in [0.717, 1.165) is 42.0 Å². The summed E-state index contributed by atoms with van der Waals surface area (Å²) in [4.78, 5) is 33.4. The standard InChI is InChI=1S/C18H15ClN4O4S/c19-12-6-5-9(23(25)26)7-11(12)18(24)27-8-14-21-16(20)15-10-3-1-2-4-13(10)28-17(15)22-14/h5-7H,1-4,8H2,(H2,20,21,22). The second-order valence-electron chi connectivity index (χ2n) is 6.41. The third kappa shape index (κ3) is 3.38. The zero-order chi connectivity index (χ0) is 19.8. The molecule has 0 fully saturated rings. The highest BCUT2D eigenvalue weighted by atomic mass is 35.5. The van der Waals surface area contributed by atoms with Gasteiger partial charge in [-0.2, -0.15) is 0 Å². The second kappa shape index (κ2) is 7.33. The number of fused-ring (bicyclic) bond motifs is 3. The first-order valence-corrected chi connectivity index (χ1v) is 9.81. The number of rotatable bonds is 4. The minimum Gasteiger partial charge on any atom is -0.454 e. The van der Waals surface area contributed by atoms with Crippen molar-refractivity contribution in [2.45, 2.75) is 32.3 Å². The summed E-state index contributed by atoms with van der Waals surface area (Å²) in [6, 6.07) is 3.58. The first-order valence-electron chi connectivity index (χ1n) is 8.61. The maximum absolute atomic E-state index is 12.3. The van der Waals surface area contributed by atoms with E-state index < -0.39 is 10.9 Å². The van der Waals surface area contributed by atoms with Crippen molar-refractivity contribution in [1.82, 2.24) is 9.97 Å². The fraction of sp³-hybridized carbons (Fsp3) is 0.278. The lowest BCUT2D eigenvalue weighted by molar-refractivity contribution is -0.384. The van der Waals surface area contributed by atoms with Gasteiger partial charge in [0, 0.05) is 17.0 Å². The molecular formula is C18H15ClN4O4S. The molecule has 1 aliphatic rings. The van der Waals surface area contributed by atoms with Crippen LogP contribution in [0.4, 0.5) is 11.5 Å². The molecule has 144 valence electrons. The predicted molar refractivity (Wildman–Crippen MR) is 106 cm³/mol. The number of aromatic nitrogens is 2. The first-order chi connectivity index (χ1) is 13.4. The number of non-ortho nitro benzene ring substituents is 1. The fourth-order valence-corrected chi connectivity index (χ4v) is 4.77. The van der Waals surface area contributed by atoms with Gasteiger partial charge in [0.05, 0.1) is 20.9 Å². The highest BCUT2D eigenvalue weighted by Crippen LogP contribution is 2.37. The van der Waals surface area contributed by atoms with Crippen LogP contribution in [0.25, 0.3) is 10.2 Å². The van der Waals surface area contributed by atoms with E-state index >= 15 is 0 Å². The zero-order valence-electron chi connectivity index (χ0n) is 14.6. The number of esters is 1. The van der Waals surface area contributed by atoms with E-state index in [1.54, 1.807) is 11.3 Å². The lowest BCUT2D eigenvalue weighted by Gasteiger charge is -2.11. The summed E-state index contributed by atoms with van der Waals surface area (Å²) < 4.78 is 5.21. The molecule has 1 aromatic carbocycles. The van der Waals surface area contributed by atoms with Crippen molar-refractivity contribution in [1.29, 1.82) is 0 Å². The average Bonchev–Trinajstić information content (AvgIpc) is 3.05. The smallest absolute Gasteiger partial charge is 0.340 e. The summed E-state index contributed by atoms with van der Waals surface area (Å²) in [5.74, 6) is -0.135. The van der Waals surface area contributed by atoms with Gasteiger partial charge < -0.3 is 10.5 Å². The van der Waals surface area contributed by atoms with Gasteiger partial charge >= 0.3 is 5.97 Å². The number of nitrogen functional groups attached to an aromatic ring is 1. The molecular weight excluding hydrogens is 404 g/mol. The fourth-order valence-electron chi connectivity index (χ4n) is 3.29. The molecule has 2 N–H and O–H groups in total. The Hall–Kier alpha value is -2.78. The number of nitrogens with two attached hydrogens (primary N) is 1. The van der Waals surface area contributed by atoms with Gasteiger partial charge in [-0.05, 0) is 37.3 Å². The number of carbonyl (C=O) groups is 1. The topological polar surface area (TPSA) is 121 Å². The van der Waals surface area contributed by atoms with Crippen LogP contribution in [0.2, 0.25) is 5.02 Å². The molecule has 2 heterocycles. The number of carbonyl (C=O) groups excluding carboxylic acids is 1. The van der Waals surface area contributed by atoms with Crippen molar-refractivity contribution in [3.05, 3.63) is 55.2 Å². The second-order valence-corrected chi connectivity index (χ2v) is 7.90. The van der Waals surface area contributed by atoms with Crippen LogP contribution in [0, 0.1) is 10.1 Å². The van der Waals surface area contributed by atoms with Gasteiger partial charge in [0.1, 0.15) is 10.6 Å². The van der Waals surface area contributed by atoms with E-state index in [2.05, 4.69) is 9.97 Å². The molecule has 0 radical (unpaired) electrons. The monoisotopic (exact) mass is 418 g/mol. The normalized spacial score (nSPS) is 13.3. The molecule has 0 saturated heterocycles. The molecule has 0 aliphatic heterocycles. The molecule has 0 spiro atoms. The van der Waals surface area contributed by atoms with Crippen LogP contribution in [0.15, 0.2) is 18.2 Å². The number of ether oxygens (including phenoxy) is 1. The van der Waals surface area contributed by atoms with Crippen LogP contribution in [0.3, 0.4) is 0 Å². The Labute approximate surface area is 168 Å². The number of thiophene rings is 1. The average molecular weight is 419 g/mol. The Bertz CT molecular complexity index is 1110. The number of halogens is 1. The van der Waals surface area contributed by atoms with E-state index in [0.29, 0.717) is 5.82 Å². The molecule has 1 aliphatic carbocycles. The zero-order valence-corrected chi connectivity index (χ0v) is 16.2. The number of nitro groups is 1. The van der Waals surface area contributed by atoms with E-state index in [1.165, 1.54) is 22.6 Å². The summed E-state index contributed by atoms with van der Waals surface area (Å²) in [6.07, 6.45) is 4.27. The van der Waals surface area contributed by atoms with E-state index in [4.69, 9.17) is 22.1 Å². The highest BCUT2D eigenvalue weighted by Gasteiger charge is 2.21. The van der Waals surface area contributed by atoms with E-state index in [9.17, 15) is 14.9 Å². The lowest BCUT2D eigenvalue weighted by Crippen LogP contribution is -2.09. The van der Waals surface area contributed by atoms with E-state index in [-0.39, 0.29) is 28.7 Å². The number of benzene rings is 1. The Morgan fingerprint density at radius 1 is 1.32 bits per heavy atom. The predicted octanol–water partition coefficient (Wildman–Crippen LogP) is 4.07. The molecule has 0 bridgehead atoms. The summed E-state index contributed by atoms with van der Waals surface area (Å²) in [6.45, 7) is -0.208. The molecule has 2 aromatic heterocycles. The van der Waals surface area contributed by atoms with Crippen LogP contribution in [0.5, 0.6) is 0 Å². The number of nitro benzene ring substituents is 1. The largest absolute Gasteiger partial charge is 0.454 e. The quantitative estimate of drug-likeness (QED) is 0.385. The molecule has 0 unspecified atom stereocenters. The van der Waals surface area contributed by atoms with Crippen LogP contribution >= 0.6 is 22.9 Å². The van der Waals surface area contributed by atoms with Crippen LogP contribution in [-0.2, 0) is 24.2 Å². The molecule has 0 amide bonds.